The van der Waals surface area contributed by atoms with Gasteiger partial charge in [-0.1, -0.05) is 0 Å². The number of hydrogen-bond donors (Lipinski definition) is 1. The molecule has 0 aliphatic rings. The van der Waals surface area contributed by atoms with Gasteiger partial charge in [0.05, 0.1) is 16.2 Å². The zero-order valence-corrected chi connectivity index (χ0v) is 13.5. The average molecular weight is 331 g/mol. The zero-order valence-electron chi connectivity index (χ0n) is 13.5. The van der Waals surface area contributed by atoms with Crippen LogP contribution in [-0.2, 0) is 0 Å². The van der Waals surface area contributed by atoms with Crippen LogP contribution in [0.25, 0.3) is 0 Å². The van der Waals surface area contributed by atoms with E-state index in [1.54, 1.807) is 6.07 Å². The van der Waals surface area contributed by atoms with Crippen LogP contribution in [-0.4, -0.2) is 23.9 Å². The van der Waals surface area contributed by atoms with Crippen molar-refractivity contribution in [1.29, 1.82) is 0 Å². The topological polar surface area (TPSA) is 75.5 Å². The Morgan fingerprint density at radius 3 is 2.33 bits per heavy atom. The first-order valence-corrected chi connectivity index (χ1v) is 7.56. The van der Waals surface area contributed by atoms with Crippen LogP contribution in [0.4, 0.5) is 21.5 Å². The third kappa shape index (κ3) is 3.87. The third-order valence-corrected chi connectivity index (χ3v) is 3.64. The lowest BCUT2D eigenvalue weighted by Gasteiger charge is -2.23. The van der Waals surface area contributed by atoms with Gasteiger partial charge >= 0.3 is 0 Å². The number of non-ortho nitro benzene ring substituents is 1. The molecule has 6 nitrogen and oxygen atoms in total. The van der Waals surface area contributed by atoms with Crippen molar-refractivity contribution >= 4 is 23.0 Å². The van der Waals surface area contributed by atoms with Crippen molar-refractivity contribution in [3.8, 4) is 0 Å². The predicted molar refractivity (Wildman–Crippen MR) is 91.0 cm³/mol. The quantitative estimate of drug-likeness (QED) is 0.645. The standard InChI is InChI=1S/C17H18FN3O3/c1-3-20(4-2)16-10-9-14(21(23)24)11-15(16)17(22)19-13-7-5-12(18)6-8-13/h5-11H,3-4H2,1-2H3,(H,19,22). The minimum Gasteiger partial charge on any atom is -0.371 e. The van der Waals surface area contributed by atoms with E-state index in [0.717, 1.165) is 0 Å². The van der Waals surface area contributed by atoms with Crippen molar-refractivity contribution in [2.45, 2.75) is 13.8 Å². The van der Waals surface area contributed by atoms with Crippen molar-refractivity contribution in [2.75, 3.05) is 23.3 Å². The molecule has 7 heteroatoms. The lowest BCUT2D eigenvalue weighted by Crippen LogP contribution is -2.25. The average Bonchev–Trinajstić information content (AvgIpc) is 2.58. The number of anilines is 2. The maximum Gasteiger partial charge on any atom is 0.270 e. The van der Waals surface area contributed by atoms with Crippen LogP contribution < -0.4 is 10.2 Å². The van der Waals surface area contributed by atoms with Crippen LogP contribution in [0.3, 0.4) is 0 Å². The number of hydrogen-bond acceptors (Lipinski definition) is 4. The molecule has 1 amide bonds. The van der Waals surface area contributed by atoms with E-state index in [9.17, 15) is 19.3 Å². The second-order valence-corrected chi connectivity index (χ2v) is 5.09. The van der Waals surface area contributed by atoms with Crippen LogP contribution in [0, 0.1) is 15.9 Å². The molecule has 2 rings (SSSR count). The fourth-order valence-electron chi connectivity index (χ4n) is 2.39. The first kappa shape index (κ1) is 17.4. The minimum atomic E-state index is -0.541. The Hall–Kier alpha value is -2.96. The Kier molecular flexibility index (Phi) is 5.47. The molecule has 0 unspecified atom stereocenters. The summed E-state index contributed by atoms with van der Waals surface area (Å²) in [6.07, 6.45) is 0. The van der Waals surface area contributed by atoms with Gasteiger partial charge in [0.25, 0.3) is 11.6 Å². The molecule has 0 aromatic heterocycles. The molecule has 0 aliphatic heterocycles. The summed E-state index contributed by atoms with van der Waals surface area (Å²) in [6.45, 7) is 5.19. The summed E-state index contributed by atoms with van der Waals surface area (Å²) < 4.78 is 13.0. The first-order valence-electron chi connectivity index (χ1n) is 7.56. The number of amides is 1. The van der Waals surface area contributed by atoms with Gasteiger partial charge in [-0.25, -0.2) is 4.39 Å². The summed E-state index contributed by atoms with van der Waals surface area (Å²) in [5, 5.41) is 13.7. The van der Waals surface area contributed by atoms with E-state index in [2.05, 4.69) is 5.32 Å². The number of nitrogens with one attached hydrogen (secondary N) is 1. The molecule has 0 radical (unpaired) electrons. The number of nitrogens with zero attached hydrogens (tertiary/aromatic N) is 2. The molecule has 0 saturated heterocycles. The van der Waals surface area contributed by atoms with Gasteiger partial charge in [0, 0.05) is 30.9 Å². The molecule has 0 heterocycles. The Balaban J connectivity index is 2.40. The second-order valence-electron chi connectivity index (χ2n) is 5.09. The Morgan fingerprint density at radius 1 is 1.17 bits per heavy atom. The van der Waals surface area contributed by atoms with Crippen LogP contribution in [0.5, 0.6) is 0 Å². The molecule has 0 spiro atoms. The highest BCUT2D eigenvalue weighted by atomic mass is 19.1. The fraction of sp³-hybridized carbons (Fsp3) is 0.235. The molecular formula is C17H18FN3O3. The number of carbonyl (C=O) groups is 1. The van der Waals surface area contributed by atoms with Gasteiger partial charge in [0.15, 0.2) is 0 Å². The smallest absolute Gasteiger partial charge is 0.270 e. The Bertz CT molecular complexity index is 743. The number of rotatable bonds is 6. The van der Waals surface area contributed by atoms with Gasteiger partial charge in [-0.3, -0.25) is 14.9 Å². The first-order chi connectivity index (χ1) is 11.5. The summed E-state index contributed by atoms with van der Waals surface area (Å²) in [7, 11) is 0. The van der Waals surface area contributed by atoms with Crippen molar-refractivity contribution < 1.29 is 14.1 Å². The molecule has 2 aromatic carbocycles. The van der Waals surface area contributed by atoms with Crippen LogP contribution in [0.15, 0.2) is 42.5 Å². The maximum absolute atomic E-state index is 13.0. The highest BCUT2D eigenvalue weighted by molar-refractivity contribution is 6.08. The minimum absolute atomic E-state index is 0.157. The van der Waals surface area contributed by atoms with Gasteiger partial charge in [-0.15, -0.1) is 0 Å². The summed E-state index contributed by atoms with van der Waals surface area (Å²) in [5.41, 5.74) is 1.08. The highest BCUT2D eigenvalue weighted by Gasteiger charge is 2.19. The van der Waals surface area contributed by atoms with E-state index < -0.39 is 16.6 Å². The number of nitro groups is 1. The summed E-state index contributed by atoms with van der Waals surface area (Å²) >= 11 is 0. The monoisotopic (exact) mass is 331 g/mol. The molecule has 126 valence electrons. The molecule has 0 fully saturated rings. The predicted octanol–water partition coefficient (Wildman–Crippen LogP) is 3.83. The number of benzene rings is 2. The lowest BCUT2D eigenvalue weighted by atomic mass is 10.1. The molecule has 0 aliphatic carbocycles. The normalized spacial score (nSPS) is 10.3. The van der Waals surface area contributed by atoms with Crippen molar-refractivity contribution in [3.05, 3.63) is 64.0 Å². The molecule has 24 heavy (non-hydrogen) atoms. The molecule has 1 N–H and O–H groups in total. The zero-order chi connectivity index (χ0) is 17.7. The summed E-state index contributed by atoms with van der Waals surface area (Å²) in [4.78, 5) is 25.0. The number of halogens is 1. The summed E-state index contributed by atoms with van der Waals surface area (Å²) in [6, 6.07) is 9.53. The van der Waals surface area contributed by atoms with Gasteiger partial charge in [-0.05, 0) is 44.2 Å². The summed E-state index contributed by atoms with van der Waals surface area (Å²) in [5.74, 6) is -0.889. The van der Waals surface area contributed by atoms with E-state index in [-0.39, 0.29) is 11.3 Å². The largest absolute Gasteiger partial charge is 0.371 e. The lowest BCUT2D eigenvalue weighted by molar-refractivity contribution is -0.384. The van der Waals surface area contributed by atoms with E-state index >= 15 is 0 Å². The van der Waals surface area contributed by atoms with Gasteiger partial charge in [0.1, 0.15) is 5.82 Å². The molecule has 0 bridgehead atoms. The Morgan fingerprint density at radius 2 is 1.79 bits per heavy atom. The van der Waals surface area contributed by atoms with E-state index in [1.807, 2.05) is 18.7 Å². The van der Waals surface area contributed by atoms with E-state index in [0.29, 0.717) is 24.5 Å². The van der Waals surface area contributed by atoms with Crippen molar-refractivity contribution in [1.82, 2.24) is 0 Å². The van der Waals surface area contributed by atoms with E-state index in [4.69, 9.17) is 0 Å². The maximum atomic E-state index is 13.0. The van der Waals surface area contributed by atoms with Crippen LogP contribution in [0.2, 0.25) is 0 Å². The van der Waals surface area contributed by atoms with Crippen LogP contribution >= 0.6 is 0 Å². The number of carbonyl (C=O) groups excluding carboxylic acids is 1. The van der Waals surface area contributed by atoms with Gasteiger partial charge in [-0.2, -0.15) is 0 Å². The molecule has 0 atom stereocenters. The Labute approximate surface area is 139 Å². The fourth-order valence-corrected chi connectivity index (χ4v) is 2.39. The number of nitro benzene ring substituents is 1. The van der Waals surface area contributed by atoms with Crippen LogP contribution in [0.1, 0.15) is 24.2 Å². The van der Waals surface area contributed by atoms with Gasteiger partial charge in [0.2, 0.25) is 0 Å². The third-order valence-electron chi connectivity index (χ3n) is 3.64. The molecular weight excluding hydrogens is 313 g/mol. The molecule has 2 aromatic rings. The van der Waals surface area contributed by atoms with E-state index in [1.165, 1.54) is 36.4 Å². The second kappa shape index (κ2) is 7.54. The van der Waals surface area contributed by atoms with Crippen molar-refractivity contribution in [2.24, 2.45) is 0 Å². The SMILES string of the molecule is CCN(CC)c1ccc([N+](=O)[O-])cc1C(=O)Nc1ccc(F)cc1. The van der Waals surface area contributed by atoms with Gasteiger partial charge < -0.3 is 10.2 Å². The highest BCUT2D eigenvalue weighted by Crippen LogP contribution is 2.26. The van der Waals surface area contributed by atoms with Crippen molar-refractivity contribution in [3.63, 3.8) is 0 Å². The molecule has 0 saturated carbocycles.